The van der Waals surface area contributed by atoms with Crippen LogP contribution in [0.5, 0.6) is 0 Å². The number of thiocarbonyl (C=S) groups is 1. The molecular weight excluding hydrogens is 218 g/mol. The number of hydrogen-bond donors (Lipinski definition) is 3. The molecule has 0 bridgehead atoms. The van der Waals surface area contributed by atoms with Crippen molar-refractivity contribution < 1.29 is 4.79 Å². The van der Waals surface area contributed by atoms with Crippen molar-refractivity contribution in [2.24, 2.45) is 0 Å². The zero-order chi connectivity index (χ0) is 10.8. The van der Waals surface area contributed by atoms with E-state index in [9.17, 15) is 4.79 Å². The van der Waals surface area contributed by atoms with Crippen molar-refractivity contribution in [3.63, 3.8) is 0 Å². The number of likely N-dealkylation sites (N-methyl/N-ethyl adjacent to an activating group) is 1. The summed E-state index contributed by atoms with van der Waals surface area (Å²) in [6.45, 7) is 1.07. The van der Waals surface area contributed by atoms with Crippen molar-refractivity contribution in [3.8, 4) is 0 Å². The molecule has 0 radical (unpaired) electrons. The van der Waals surface area contributed by atoms with E-state index in [0.29, 0.717) is 5.11 Å². The van der Waals surface area contributed by atoms with E-state index in [1.807, 2.05) is 11.8 Å². The first-order valence-electron chi connectivity index (χ1n) is 4.42. The average Bonchev–Trinajstić information content (AvgIpc) is 2.21. The Morgan fingerprint density at radius 2 is 2.14 bits per heavy atom. The standard InChI is InChI=1S/C8H17N3OS2/c1-9-7(12)6-11-8(13)10-4-3-5-14-2/h3-6H2,1-2H3,(H,9,12)(H2,10,11,13). The van der Waals surface area contributed by atoms with Crippen LogP contribution in [0.1, 0.15) is 6.42 Å². The van der Waals surface area contributed by atoms with Crippen molar-refractivity contribution >= 4 is 35.0 Å². The van der Waals surface area contributed by atoms with Gasteiger partial charge in [0.2, 0.25) is 5.91 Å². The number of carbonyl (C=O) groups is 1. The Kier molecular flexibility index (Phi) is 8.76. The maximum Gasteiger partial charge on any atom is 0.239 e. The van der Waals surface area contributed by atoms with E-state index in [0.717, 1.165) is 18.7 Å². The van der Waals surface area contributed by atoms with Gasteiger partial charge in [-0.3, -0.25) is 4.79 Å². The van der Waals surface area contributed by atoms with E-state index in [1.54, 1.807) is 7.05 Å². The van der Waals surface area contributed by atoms with Crippen LogP contribution >= 0.6 is 24.0 Å². The first-order valence-corrected chi connectivity index (χ1v) is 6.22. The van der Waals surface area contributed by atoms with Gasteiger partial charge in [-0.2, -0.15) is 11.8 Å². The molecule has 0 spiro atoms. The Morgan fingerprint density at radius 1 is 1.43 bits per heavy atom. The molecule has 1 amide bonds. The molecule has 0 rings (SSSR count). The monoisotopic (exact) mass is 235 g/mol. The lowest BCUT2D eigenvalue weighted by Gasteiger charge is -2.08. The van der Waals surface area contributed by atoms with Gasteiger partial charge in [-0.1, -0.05) is 0 Å². The van der Waals surface area contributed by atoms with Crippen LogP contribution < -0.4 is 16.0 Å². The largest absolute Gasteiger partial charge is 0.363 e. The van der Waals surface area contributed by atoms with E-state index in [-0.39, 0.29) is 12.5 Å². The van der Waals surface area contributed by atoms with Gasteiger partial charge < -0.3 is 16.0 Å². The van der Waals surface area contributed by atoms with Crippen LogP contribution in [0.25, 0.3) is 0 Å². The van der Waals surface area contributed by atoms with Crippen LogP contribution in [0.2, 0.25) is 0 Å². The van der Waals surface area contributed by atoms with E-state index < -0.39 is 0 Å². The summed E-state index contributed by atoms with van der Waals surface area (Å²) in [4.78, 5) is 10.8. The number of thioether (sulfide) groups is 1. The minimum Gasteiger partial charge on any atom is -0.363 e. The molecule has 14 heavy (non-hydrogen) atoms. The van der Waals surface area contributed by atoms with Gasteiger partial charge in [-0.15, -0.1) is 0 Å². The molecule has 0 fully saturated rings. The molecule has 4 nitrogen and oxygen atoms in total. The Hall–Kier alpha value is -0.490. The van der Waals surface area contributed by atoms with E-state index >= 15 is 0 Å². The minimum absolute atomic E-state index is 0.0711. The topological polar surface area (TPSA) is 53.2 Å². The van der Waals surface area contributed by atoms with Gasteiger partial charge in [0.25, 0.3) is 0 Å². The normalized spacial score (nSPS) is 9.29. The van der Waals surface area contributed by atoms with Crippen molar-refractivity contribution in [2.45, 2.75) is 6.42 Å². The first-order chi connectivity index (χ1) is 6.70. The highest BCUT2D eigenvalue weighted by atomic mass is 32.2. The maximum atomic E-state index is 10.8. The second kappa shape index (κ2) is 9.08. The van der Waals surface area contributed by atoms with E-state index in [4.69, 9.17) is 12.2 Å². The predicted octanol–water partition coefficient (Wildman–Crippen LogP) is -0.0504. The lowest BCUT2D eigenvalue weighted by molar-refractivity contribution is -0.119. The van der Waals surface area contributed by atoms with Crippen LogP contribution in [0.3, 0.4) is 0 Å². The number of rotatable bonds is 6. The van der Waals surface area contributed by atoms with Crippen molar-refractivity contribution in [1.82, 2.24) is 16.0 Å². The lowest BCUT2D eigenvalue weighted by Crippen LogP contribution is -2.41. The molecule has 0 aromatic heterocycles. The molecule has 0 unspecified atom stereocenters. The van der Waals surface area contributed by atoms with Gasteiger partial charge in [0.1, 0.15) is 0 Å². The number of nitrogens with one attached hydrogen (secondary N) is 3. The predicted molar refractivity (Wildman–Crippen MR) is 65.7 cm³/mol. The second-order valence-corrected chi connectivity index (χ2v) is 4.02. The van der Waals surface area contributed by atoms with Gasteiger partial charge in [0, 0.05) is 13.6 Å². The van der Waals surface area contributed by atoms with Crippen molar-refractivity contribution in [1.29, 1.82) is 0 Å². The quantitative estimate of drug-likeness (QED) is 0.445. The van der Waals surface area contributed by atoms with Gasteiger partial charge in [0.05, 0.1) is 6.54 Å². The van der Waals surface area contributed by atoms with Gasteiger partial charge >= 0.3 is 0 Å². The smallest absolute Gasteiger partial charge is 0.239 e. The molecule has 0 atom stereocenters. The number of amides is 1. The summed E-state index contributed by atoms with van der Waals surface area (Å²) in [5.74, 6) is 1.05. The average molecular weight is 235 g/mol. The Balaban J connectivity index is 3.32. The molecule has 0 aromatic carbocycles. The summed E-state index contributed by atoms with van der Waals surface area (Å²) in [6.07, 6.45) is 3.14. The van der Waals surface area contributed by atoms with Crippen LogP contribution in [-0.4, -0.2) is 43.2 Å². The third kappa shape index (κ3) is 8.12. The van der Waals surface area contributed by atoms with Crippen LogP contribution in [-0.2, 0) is 4.79 Å². The van der Waals surface area contributed by atoms with Crippen LogP contribution in [0.15, 0.2) is 0 Å². The van der Waals surface area contributed by atoms with Crippen molar-refractivity contribution in [3.05, 3.63) is 0 Å². The highest BCUT2D eigenvalue weighted by molar-refractivity contribution is 7.98. The molecule has 0 saturated heterocycles. The summed E-state index contributed by atoms with van der Waals surface area (Å²) >= 11 is 6.77. The fourth-order valence-electron chi connectivity index (χ4n) is 0.730. The molecule has 0 aromatic rings. The Morgan fingerprint density at radius 3 is 2.71 bits per heavy atom. The summed E-state index contributed by atoms with van der Waals surface area (Å²) < 4.78 is 0. The van der Waals surface area contributed by atoms with E-state index in [2.05, 4.69) is 22.2 Å². The summed E-state index contributed by atoms with van der Waals surface area (Å²) in [5.41, 5.74) is 0. The third-order valence-electron chi connectivity index (χ3n) is 1.50. The van der Waals surface area contributed by atoms with Gasteiger partial charge in [0.15, 0.2) is 5.11 Å². The second-order valence-electron chi connectivity index (χ2n) is 2.63. The fourth-order valence-corrected chi connectivity index (χ4v) is 1.34. The molecule has 6 heteroatoms. The fraction of sp³-hybridized carbons (Fsp3) is 0.750. The summed E-state index contributed by atoms with van der Waals surface area (Å²) in [5, 5.41) is 8.88. The zero-order valence-electron chi connectivity index (χ0n) is 8.55. The van der Waals surface area contributed by atoms with Gasteiger partial charge in [-0.05, 0) is 30.6 Å². The highest BCUT2D eigenvalue weighted by Gasteiger charge is 1.98. The summed E-state index contributed by atoms with van der Waals surface area (Å²) in [6, 6.07) is 0. The van der Waals surface area contributed by atoms with Crippen LogP contribution in [0.4, 0.5) is 0 Å². The molecular formula is C8H17N3OS2. The van der Waals surface area contributed by atoms with Crippen LogP contribution in [0, 0.1) is 0 Å². The SMILES string of the molecule is CNC(=O)CNC(=S)NCCCSC. The molecule has 82 valence electrons. The van der Waals surface area contributed by atoms with E-state index in [1.165, 1.54) is 0 Å². The minimum atomic E-state index is -0.0711. The molecule has 0 saturated carbocycles. The molecule has 0 aliphatic carbocycles. The third-order valence-corrected chi connectivity index (χ3v) is 2.48. The number of hydrogen-bond acceptors (Lipinski definition) is 3. The molecule has 0 aliphatic heterocycles. The maximum absolute atomic E-state index is 10.8. The highest BCUT2D eigenvalue weighted by Crippen LogP contribution is 1.92. The number of carbonyl (C=O) groups excluding carboxylic acids is 1. The lowest BCUT2D eigenvalue weighted by atomic mass is 10.5. The van der Waals surface area contributed by atoms with Crippen molar-refractivity contribution in [2.75, 3.05) is 32.1 Å². The summed E-state index contributed by atoms with van der Waals surface area (Å²) in [7, 11) is 1.60. The molecule has 3 N–H and O–H groups in total. The Bertz CT molecular complexity index is 187. The Labute approximate surface area is 94.6 Å². The first kappa shape index (κ1) is 13.5. The van der Waals surface area contributed by atoms with Gasteiger partial charge in [-0.25, -0.2) is 0 Å². The molecule has 0 heterocycles. The molecule has 0 aliphatic rings. The zero-order valence-corrected chi connectivity index (χ0v) is 10.2.